The maximum absolute atomic E-state index is 12.4. The van der Waals surface area contributed by atoms with Crippen LogP contribution in [0.1, 0.15) is 41.2 Å². The number of carbonyl (C=O) groups excluding carboxylic acids is 2. The minimum absolute atomic E-state index is 0.0182. The molecule has 8 heteroatoms. The molecule has 2 heterocycles. The molecule has 1 aliphatic rings. The average molecular weight is 345 g/mol. The third-order valence-corrected chi connectivity index (χ3v) is 4.74. The third-order valence-electron chi connectivity index (χ3n) is 4.74. The Morgan fingerprint density at radius 3 is 2.88 bits per heavy atom. The number of hydrogen-bond donors (Lipinski definition) is 1. The van der Waals surface area contributed by atoms with E-state index in [1.807, 2.05) is 11.6 Å². The van der Waals surface area contributed by atoms with Crippen molar-refractivity contribution in [3.05, 3.63) is 35.7 Å². The highest BCUT2D eigenvalue weighted by Gasteiger charge is 2.32. The number of aromatic nitrogens is 3. The molecule has 2 atom stereocenters. The second kappa shape index (κ2) is 7.08. The van der Waals surface area contributed by atoms with E-state index in [9.17, 15) is 9.59 Å². The maximum atomic E-state index is 12.4. The predicted molar refractivity (Wildman–Crippen MR) is 89.8 cm³/mol. The summed E-state index contributed by atoms with van der Waals surface area (Å²) < 4.78 is 6.81. The zero-order valence-corrected chi connectivity index (χ0v) is 14.7. The van der Waals surface area contributed by atoms with Gasteiger partial charge >= 0.3 is 0 Å². The lowest BCUT2D eigenvalue weighted by Gasteiger charge is -2.23. The molecule has 1 N–H and O–H groups in total. The molecule has 1 aliphatic carbocycles. The highest BCUT2D eigenvalue weighted by Crippen LogP contribution is 2.24. The average Bonchev–Trinajstić information content (AvgIpc) is 3.29. The van der Waals surface area contributed by atoms with Gasteiger partial charge in [0.2, 0.25) is 5.91 Å². The van der Waals surface area contributed by atoms with E-state index in [2.05, 4.69) is 15.5 Å². The van der Waals surface area contributed by atoms with Crippen LogP contribution in [0.5, 0.6) is 0 Å². The van der Waals surface area contributed by atoms with Crippen LogP contribution in [0, 0.1) is 6.92 Å². The fourth-order valence-corrected chi connectivity index (χ4v) is 3.25. The second-order valence-electron chi connectivity index (χ2n) is 6.64. The van der Waals surface area contributed by atoms with Crippen LogP contribution in [-0.4, -0.2) is 50.6 Å². The summed E-state index contributed by atoms with van der Waals surface area (Å²) >= 11 is 0. The van der Waals surface area contributed by atoms with Gasteiger partial charge in [0.05, 0.1) is 12.7 Å². The second-order valence-corrected chi connectivity index (χ2v) is 6.64. The van der Waals surface area contributed by atoms with Gasteiger partial charge in [0, 0.05) is 44.1 Å². The Labute approximate surface area is 146 Å². The van der Waals surface area contributed by atoms with E-state index >= 15 is 0 Å². The number of amides is 2. The fourth-order valence-electron chi connectivity index (χ4n) is 3.25. The first-order valence-electron chi connectivity index (χ1n) is 8.39. The molecule has 2 unspecified atom stereocenters. The summed E-state index contributed by atoms with van der Waals surface area (Å²) in [5, 5.41) is 6.84. The summed E-state index contributed by atoms with van der Waals surface area (Å²) in [7, 11) is 3.64. The van der Waals surface area contributed by atoms with Crippen LogP contribution in [-0.2, 0) is 18.3 Å². The van der Waals surface area contributed by atoms with Gasteiger partial charge in [-0.05, 0) is 26.2 Å². The SMILES string of the molecule is Cc1cc(C(=O)N(C)C2CCC(NC(=O)Cc3cncn3C)C2)no1. The highest BCUT2D eigenvalue weighted by atomic mass is 16.5. The molecule has 3 rings (SSSR count). The van der Waals surface area contributed by atoms with Crippen LogP contribution in [0.2, 0.25) is 0 Å². The number of carbonyl (C=O) groups is 2. The minimum atomic E-state index is -0.149. The third kappa shape index (κ3) is 3.89. The summed E-state index contributed by atoms with van der Waals surface area (Å²) in [6.07, 6.45) is 6.15. The van der Waals surface area contributed by atoms with Crippen LogP contribution >= 0.6 is 0 Å². The number of hydrogen-bond acceptors (Lipinski definition) is 5. The lowest BCUT2D eigenvalue weighted by Crippen LogP contribution is -2.39. The van der Waals surface area contributed by atoms with Gasteiger partial charge in [-0.15, -0.1) is 0 Å². The molecule has 2 amide bonds. The Morgan fingerprint density at radius 1 is 1.44 bits per heavy atom. The van der Waals surface area contributed by atoms with E-state index < -0.39 is 0 Å². The van der Waals surface area contributed by atoms with Crippen molar-refractivity contribution < 1.29 is 14.1 Å². The zero-order chi connectivity index (χ0) is 18.0. The van der Waals surface area contributed by atoms with Crippen LogP contribution in [0.15, 0.2) is 23.1 Å². The Hall–Kier alpha value is -2.64. The number of aryl methyl sites for hydroxylation is 2. The van der Waals surface area contributed by atoms with Crippen molar-refractivity contribution in [3.8, 4) is 0 Å². The van der Waals surface area contributed by atoms with Gasteiger partial charge in [0.15, 0.2) is 5.69 Å². The van der Waals surface area contributed by atoms with Crippen LogP contribution in [0.25, 0.3) is 0 Å². The van der Waals surface area contributed by atoms with E-state index in [1.54, 1.807) is 37.5 Å². The first-order chi connectivity index (χ1) is 11.9. The van der Waals surface area contributed by atoms with E-state index in [4.69, 9.17) is 4.52 Å². The van der Waals surface area contributed by atoms with Gasteiger partial charge < -0.3 is 19.3 Å². The lowest BCUT2D eigenvalue weighted by atomic mass is 10.2. The molecule has 2 aromatic rings. The van der Waals surface area contributed by atoms with Crippen molar-refractivity contribution in [3.63, 3.8) is 0 Å². The summed E-state index contributed by atoms with van der Waals surface area (Å²) in [4.78, 5) is 30.3. The Kier molecular flexibility index (Phi) is 4.87. The number of rotatable bonds is 5. The van der Waals surface area contributed by atoms with Crippen LogP contribution < -0.4 is 5.32 Å². The molecule has 0 aromatic carbocycles. The molecule has 0 aliphatic heterocycles. The molecular formula is C17H23N5O3. The molecule has 0 spiro atoms. The van der Waals surface area contributed by atoms with Gasteiger partial charge in [-0.2, -0.15) is 0 Å². The number of nitrogens with zero attached hydrogens (tertiary/aromatic N) is 4. The van der Waals surface area contributed by atoms with E-state index in [0.29, 0.717) is 17.9 Å². The summed E-state index contributed by atoms with van der Waals surface area (Å²) in [5.74, 6) is 0.447. The molecule has 1 saturated carbocycles. The van der Waals surface area contributed by atoms with Gasteiger partial charge in [-0.25, -0.2) is 4.98 Å². The molecular weight excluding hydrogens is 322 g/mol. The number of nitrogens with one attached hydrogen (secondary N) is 1. The van der Waals surface area contributed by atoms with Crippen LogP contribution in [0.3, 0.4) is 0 Å². The normalized spacial score (nSPS) is 19.8. The summed E-state index contributed by atoms with van der Waals surface area (Å²) in [6, 6.07) is 1.81. The van der Waals surface area contributed by atoms with E-state index in [-0.39, 0.29) is 23.9 Å². The van der Waals surface area contributed by atoms with Gasteiger partial charge in [0.1, 0.15) is 5.76 Å². The zero-order valence-electron chi connectivity index (χ0n) is 14.7. The Bertz CT molecular complexity index is 766. The quantitative estimate of drug-likeness (QED) is 0.875. The summed E-state index contributed by atoms with van der Waals surface area (Å²) in [5.41, 5.74) is 1.20. The van der Waals surface area contributed by atoms with E-state index in [0.717, 1.165) is 25.0 Å². The van der Waals surface area contributed by atoms with Crippen molar-refractivity contribution in [2.24, 2.45) is 7.05 Å². The molecule has 8 nitrogen and oxygen atoms in total. The molecule has 0 saturated heterocycles. The van der Waals surface area contributed by atoms with Gasteiger partial charge in [-0.1, -0.05) is 5.16 Å². The molecule has 0 radical (unpaired) electrons. The first kappa shape index (κ1) is 17.2. The Morgan fingerprint density at radius 2 is 2.24 bits per heavy atom. The molecule has 25 heavy (non-hydrogen) atoms. The van der Waals surface area contributed by atoms with Gasteiger partial charge in [-0.3, -0.25) is 9.59 Å². The van der Waals surface area contributed by atoms with Crippen LogP contribution in [0.4, 0.5) is 0 Å². The fraction of sp³-hybridized carbons (Fsp3) is 0.529. The maximum Gasteiger partial charge on any atom is 0.276 e. The van der Waals surface area contributed by atoms with Gasteiger partial charge in [0.25, 0.3) is 5.91 Å². The largest absolute Gasteiger partial charge is 0.361 e. The monoisotopic (exact) mass is 345 g/mol. The smallest absolute Gasteiger partial charge is 0.276 e. The molecule has 134 valence electrons. The Balaban J connectivity index is 1.52. The van der Waals surface area contributed by atoms with Crippen molar-refractivity contribution in [2.75, 3.05) is 7.05 Å². The molecule has 2 aromatic heterocycles. The number of imidazole rings is 1. The van der Waals surface area contributed by atoms with E-state index in [1.165, 1.54) is 0 Å². The minimum Gasteiger partial charge on any atom is -0.361 e. The first-order valence-corrected chi connectivity index (χ1v) is 8.39. The predicted octanol–water partition coefficient (Wildman–Crippen LogP) is 1.07. The van der Waals surface area contributed by atoms with Crippen molar-refractivity contribution in [1.29, 1.82) is 0 Å². The van der Waals surface area contributed by atoms with Crippen molar-refractivity contribution in [2.45, 2.75) is 44.7 Å². The molecule has 0 bridgehead atoms. The lowest BCUT2D eigenvalue weighted by molar-refractivity contribution is -0.121. The summed E-state index contributed by atoms with van der Waals surface area (Å²) in [6.45, 7) is 1.76. The van der Waals surface area contributed by atoms with Crippen molar-refractivity contribution in [1.82, 2.24) is 24.9 Å². The highest BCUT2D eigenvalue weighted by molar-refractivity contribution is 5.92. The topological polar surface area (TPSA) is 93.3 Å². The standard InChI is InChI=1S/C17H23N5O3/c1-11-6-15(20-25-11)17(24)22(3)13-5-4-12(7-13)19-16(23)8-14-9-18-10-21(14)2/h6,9-10,12-13H,4-5,7-8H2,1-3H3,(H,19,23). The molecule has 1 fully saturated rings. The van der Waals surface area contributed by atoms with Crippen molar-refractivity contribution >= 4 is 11.8 Å².